The van der Waals surface area contributed by atoms with Crippen LogP contribution < -0.4 is 0 Å². The summed E-state index contributed by atoms with van der Waals surface area (Å²) in [5.74, 6) is 0. The summed E-state index contributed by atoms with van der Waals surface area (Å²) >= 11 is 0. The van der Waals surface area contributed by atoms with Crippen LogP contribution in [0.5, 0.6) is 0 Å². The molecule has 0 N–H and O–H groups in total. The van der Waals surface area contributed by atoms with Crippen molar-refractivity contribution in [3.63, 3.8) is 0 Å². The Morgan fingerprint density at radius 3 is 1.00 bits per heavy atom. The van der Waals surface area contributed by atoms with Crippen LogP contribution in [0.4, 0.5) is 0 Å². The first kappa shape index (κ1) is 9.74. The average molecular weight is 230 g/mol. The van der Waals surface area contributed by atoms with Gasteiger partial charge in [-0.1, -0.05) is 19.6 Å². The Hall–Kier alpha value is 1.54. The minimum absolute atomic E-state index is 0. The maximum atomic E-state index is 2.27. The molecule has 0 spiro atoms. The average Bonchev–Trinajstić information content (AvgIpc) is 0.811. The molecular weight excluding hydrogens is 221 g/mol. The van der Waals surface area contributed by atoms with Gasteiger partial charge < -0.3 is 0 Å². The van der Waals surface area contributed by atoms with Crippen molar-refractivity contribution >= 4 is 8.80 Å². The van der Waals surface area contributed by atoms with Crippen LogP contribution in [-0.4, -0.2) is 8.80 Å². The van der Waals surface area contributed by atoms with Gasteiger partial charge >= 0.3 is 0 Å². The van der Waals surface area contributed by atoms with Gasteiger partial charge in [0.1, 0.15) is 0 Å². The van der Waals surface area contributed by atoms with Gasteiger partial charge in [-0.3, -0.25) is 0 Å². The second-order valence-corrected chi connectivity index (χ2v) is 4.50. The molecule has 0 saturated carbocycles. The van der Waals surface area contributed by atoms with Crippen molar-refractivity contribution in [3.8, 4) is 0 Å². The standard InChI is InChI=1S/C3H9Si.Gd/c1-4(2)3;/h1-3H3;. The molecular formula is C3H9GdSi. The molecule has 0 saturated heterocycles. The number of hydrogen-bond donors (Lipinski definition) is 0. The van der Waals surface area contributed by atoms with Gasteiger partial charge in [-0.25, -0.2) is 0 Å². The molecule has 0 heterocycles. The third-order valence-electron chi connectivity index (χ3n) is 0. The fourth-order valence-corrected chi connectivity index (χ4v) is 0. The van der Waals surface area contributed by atoms with Crippen molar-refractivity contribution in [3.05, 3.63) is 0 Å². The van der Waals surface area contributed by atoms with E-state index in [0.29, 0.717) is 0 Å². The Morgan fingerprint density at radius 2 is 1.00 bits per heavy atom. The van der Waals surface area contributed by atoms with Crippen LogP contribution in [0.25, 0.3) is 0 Å². The number of hydrogen-bond acceptors (Lipinski definition) is 0. The van der Waals surface area contributed by atoms with Crippen molar-refractivity contribution in [1.82, 2.24) is 0 Å². The van der Waals surface area contributed by atoms with E-state index in [1.165, 1.54) is 0 Å². The molecule has 0 aliphatic heterocycles. The fourth-order valence-electron chi connectivity index (χ4n) is 0. The first-order chi connectivity index (χ1) is 1.73. The van der Waals surface area contributed by atoms with Crippen LogP contribution >= 0.6 is 0 Å². The molecule has 0 fully saturated rings. The van der Waals surface area contributed by atoms with Crippen molar-refractivity contribution in [2.45, 2.75) is 19.6 Å². The summed E-state index contributed by atoms with van der Waals surface area (Å²) in [4.78, 5) is 0. The van der Waals surface area contributed by atoms with Gasteiger partial charge in [0.05, 0.1) is 0 Å². The third-order valence-corrected chi connectivity index (χ3v) is 0. The maximum absolute atomic E-state index is 2.27. The molecule has 5 heavy (non-hydrogen) atoms. The van der Waals surface area contributed by atoms with Gasteiger partial charge in [0.2, 0.25) is 0 Å². The van der Waals surface area contributed by atoms with E-state index in [1.54, 1.807) is 0 Å². The molecule has 0 aromatic heterocycles. The van der Waals surface area contributed by atoms with E-state index >= 15 is 0 Å². The van der Waals surface area contributed by atoms with Crippen LogP contribution in [0.3, 0.4) is 0 Å². The van der Waals surface area contributed by atoms with E-state index in [9.17, 15) is 0 Å². The smallest absolute Gasteiger partial charge is 0.0379 e. The normalized spacial score (nSPS) is 7.20. The molecule has 0 aromatic carbocycles. The molecule has 1 radical (unpaired) electrons. The molecule has 0 aliphatic carbocycles. The minimum atomic E-state index is 0. The summed E-state index contributed by atoms with van der Waals surface area (Å²) in [6, 6.07) is 0. The van der Waals surface area contributed by atoms with Gasteiger partial charge in [-0.2, -0.15) is 0 Å². The Kier molecular flexibility index (Phi) is 10.8. The van der Waals surface area contributed by atoms with E-state index in [0.717, 1.165) is 0 Å². The van der Waals surface area contributed by atoms with Crippen LogP contribution in [0.1, 0.15) is 0 Å². The van der Waals surface area contributed by atoms with Gasteiger partial charge in [0.15, 0.2) is 0 Å². The molecule has 0 bridgehead atoms. The summed E-state index contributed by atoms with van der Waals surface area (Å²) in [6.45, 7) is 6.81. The molecule has 2 heteroatoms. The molecule has 0 atom stereocenters. The van der Waals surface area contributed by atoms with Crippen molar-refractivity contribution < 1.29 is 39.9 Å². The Labute approximate surface area is 67.6 Å². The van der Waals surface area contributed by atoms with E-state index in [4.69, 9.17) is 0 Å². The quantitative estimate of drug-likeness (QED) is 0.552. The minimum Gasteiger partial charge on any atom is -0.0715 e. The van der Waals surface area contributed by atoms with E-state index < -0.39 is 0 Å². The van der Waals surface area contributed by atoms with Gasteiger partial charge in [-0.15, -0.1) is 0 Å². The van der Waals surface area contributed by atoms with Crippen molar-refractivity contribution in [2.75, 3.05) is 0 Å². The Balaban J connectivity index is 0. The van der Waals surface area contributed by atoms with Crippen molar-refractivity contribution in [2.24, 2.45) is 0 Å². The SMILES string of the molecule is C[Si](C)C.[Gd]. The predicted octanol–water partition coefficient (Wildman–Crippen LogP) is 1.37. The second kappa shape index (κ2) is 5.54. The molecule has 0 aliphatic rings. The second-order valence-electron chi connectivity index (χ2n) is 1.50. The molecule has 33 valence electrons. The summed E-state index contributed by atoms with van der Waals surface area (Å²) in [5, 5.41) is 0. The monoisotopic (exact) mass is 231 g/mol. The topological polar surface area (TPSA) is 0 Å². The molecule has 0 aromatic rings. The zero-order valence-electron chi connectivity index (χ0n) is 3.85. The van der Waals surface area contributed by atoms with Gasteiger partial charge in [-0.05, 0) is 0 Å². The molecule has 0 nitrogen and oxygen atoms in total. The summed E-state index contributed by atoms with van der Waals surface area (Å²) in [5.41, 5.74) is 0. The van der Waals surface area contributed by atoms with Crippen LogP contribution in [-0.2, 0) is 0 Å². The zero-order chi connectivity index (χ0) is 3.58. The summed E-state index contributed by atoms with van der Waals surface area (Å²) in [6.07, 6.45) is 0. The Bertz CT molecular complexity index is 11.6. The first-order valence-corrected chi connectivity index (χ1v) is 4.50. The largest absolute Gasteiger partial charge is 0.0715 e. The fraction of sp³-hybridized carbons (Fsp3) is 1.00. The van der Waals surface area contributed by atoms with Crippen LogP contribution in [0.15, 0.2) is 0 Å². The van der Waals surface area contributed by atoms with Crippen LogP contribution in [0, 0.1) is 39.9 Å². The van der Waals surface area contributed by atoms with E-state index in [1.807, 2.05) is 0 Å². The van der Waals surface area contributed by atoms with E-state index in [-0.39, 0.29) is 48.7 Å². The molecule has 0 amide bonds. The summed E-state index contributed by atoms with van der Waals surface area (Å²) in [7, 11) is 0.120. The molecule has 0 rings (SSSR count). The van der Waals surface area contributed by atoms with Gasteiger partial charge in [0.25, 0.3) is 0 Å². The first-order valence-electron chi connectivity index (χ1n) is 1.50. The summed E-state index contributed by atoms with van der Waals surface area (Å²) < 4.78 is 0. The maximum Gasteiger partial charge on any atom is 0.0379 e. The Morgan fingerprint density at radius 1 is 1.00 bits per heavy atom. The van der Waals surface area contributed by atoms with E-state index in [2.05, 4.69) is 19.6 Å². The third kappa shape index (κ3) is 29.2. The zero-order valence-corrected chi connectivity index (χ0v) is 7.12. The number of rotatable bonds is 0. The van der Waals surface area contributed by atoms with Gasteiger partial charge in [0, 0.05) is 48.7 Å². The van der Waals surface area contributed by atoms with Crippen molar-refractivity contribution in [1.29, 1.82) is 0 Å². The predicted molar refractivity (Wildman–Crippen MR) is 23.3 cm³/mol. The molecule has 0 unspecified atom stereocenters. The van der Waals surface area contributed by atoms with Crippen LogP contribution in [0.2, 0.25) is 19.6 Å².